The summed E-state index contributed by atoms with van der Waals surface area (Å²) in [5.74, 6) is -0.219. The van der Waals surface area contributed by atoms with Crippen LogP contribution in [0.25, 0.3) is 0 Å². The monoisotopic (exact) mass is 582 g/mol. The van der Waals surface area contributed by atoms with E-state index in [4.69, 9.17) is 0 Å². The number of rotatable bonds is 6. The summed E-state index contributed by atoms with van der Waals surface area (Å²) in [4.78, 5) is 18.8. The Kier molecular flexibility index (Phi) is 7.37. The normalized spacial score (nSPS) is 17.9. The third-order valence-electron chi connectivity index (χ3n) is 8.43. The van der Waals surface area contributed by atoms with Gasteiger partial charge in [-0.1, -0.05) is 101 Å². The summed E-state index contributed by atoms with van der Waals surface area (Å²) in [7, 11) is 0. The van der Waals surface area contributed by atoms with Crippen molar-refractivity contribution in [3.05, 3.63) is 141 Å². The van der Waals surface area contributed by atoms with Crippen LogP contribution in [0, 0.1) is 5.82 Å². The highest BCUT2D eigenvalue weighted by molar-refractivity contribution is 9.10. The fourth-order valence-corrected chi connectivity index (χ4v) is 6.88. The molecule has 0 aromatic heterocycles. The summed E-state index contributed by atoms with van der Waals surface area (Å²) >= 11 is 3.79. The molecule has 6 rings (SSSR count). The van der Waals surface area contributed by atoms with Crippen molar-refractivity contribution in [1.82, 2.24) is 9.80 Å². The smallest absolute Gasteiger partial charge is 0.240 e. The fraction of sp³-hybridized carbons (Fsp3) is 0.265. The number of carbonyl (C=O) groups is 1. The van der Waals surface area contributed by atoms with Crippen molar-refractivity contribution in [1.29, 1.82) is 0 Å². The molecule has 0 radical (unpaired) electrons. The highest BCUT2D eigenvalue weighted by Crippen LogP contribution is 2.40. The lowest BCUT2D eigenvalue weighted by Crippen LogP contribution is -2.53. The van der Waals surface area contributed by atoms with Crippen molar-refractivity contribution in [2.75, 3.05) is 6.54 Å². The third kappa shape index (κ3) is 5.06. The van der Waals surface area contributed by atoms with Gasteiger partial charge in [0, 0.05) is 29.2 Å². The van der Waals surface area contributed by atoms with Gasteiger partial charge in [-0.25, -0.2) is 4.39 Å². The van der Waals surface area contributed by atoms with Crippen molar-refractivity contribution in [3.8, 4) is 0 Å². The number of benzene rings is 4. The van der Waals surface area contributed by atoms with Crippen LogP contribution in [-0.4, -0.2) is 34.3 Å². The molecule has 198 valence electrons. The molecular weight excluding hydrogens is 551 g/mol. The maximum Gasteiger partial charge on any atom is 0.240 e. The summed E-state index contributed by atoms with van der Waals surface area (Å²) in [5.41, 5.74) is 6.82. The quantitative estimate of drug-likeness (QED) is 0.241. The molecule has 1 aliphatic heterocycles. The van der Waals surface area contributed by atoms with E-state index in [1.807, 2.05) is 24.0 Å². The Morgan fingerprint density at radius 3 is 2.15 bits per heavy atom. The zero-order chi connectivity index (χ0) is 26.9. The molecule has 0 bridgehead atoms. The van der Waals surface area contributed by atoms with Crippen LogP contribution in [0.4, 0.5) is 4.39 Å². The van der Waals surface area contributed by atoms with Crippen molar-refractivity contribution in [3.63, 3.8) is 0 Å². The first kappa shape index (κ1) is 26.0. The molecule has 4 aromatic rings. The minimum absolute atomic E-state index is 0.00376. The van der Waals surface area contributed by atoms with E-state index in [9.17, 15) is 9.18 Å². The van der Waals surface area contributed by atoms with Crippen molar-refractivity contribution >= 4 is 21.8 Å². The average Bonchev–Trinajstić information content (AvgIpc) is 3.40. The Bertz CT molecular complexity index is 1480. The van der Waals surface area contributed by atoms with Crippen LogP contribution in [0.2, 0.25) is 0 Å². The zero-order valence-electron chi connectivity index (χ0n) is 22.1. The lowest BCUT2D eigenvalue weighted by molar-refractivity contribution is -0.140. The summed E-state index contributed by atoms with van der Waals surface area (Å²) in [6.45, 7) is 3.06. The lowest BCUT2D eigenvalue weighted by Gasteiger charge is -2.43. The van der Waals surface area contributed by atoms with Crippen LogP contribution in [0.15, 0.2) is 102 Å². The largest absolute Gasteiger partial charge is 0.333 e. The molecule has 1 amide bonds. The zero-order valence-corrected chi connectivity index (χ0v) is 23.6. The van der Waals surface area contributed by atoms with Gasteiger partial charge in [0.2, 0.25) is 5.91 Å². The highest BCUT2D eigenvalue weighted by Gasteiger charge is 2.39. The molecule has 4 aromatic carbocycles. The molecule has 0 unspecified atom stereocenters. The van der Waals surface area contributed by atoms with Gasteiger partial charge in [-0.2, -0.15) is 0 Å². The number of hydrogen-bond donors (Lipinski definition) is 0. The van der Waals surface area contributed by atoms with Crippen LogP contribution in [-0.2, 0) is 30.6 Å². The topological polar surface area (TPSA) is 23.6 Å². The Morgan fingerprint density at radius 1 is 0.872 bits per heavy atom. The first-order valence-electron chi connectivity index (χ1n) is 13.7. The Hall–Kier alpha value is -3.28. The molecule has 1 aliphatic carbocycles. The Labute approximate surface area is 238 Å². The number of fused-ring (bicyclic) bond motifs is 2. The number of amides is 1. The molecule has 0 N–H and O–H groups in total. The molecule has 0 fully saturated rings. The number of halogens is 2. The van der Waals surface area contributed by atoms with Crippen molar-refractivity contribution in [2.45, 2.75) is 50.9 Å². The van der Waals surface area contributed by atoms with Gasteiger partial charge < -0.3 is 4.90 Å². The summed E-state index contributed by atoms with van der Waals surface area (Å²) in [6.07, 6.45) is 2.47. The van der Waals surface area contributed by atoms with Gasteiger partial charge in [0.1, 0.15) is 5.82 Å². The van der Waals surface area contributed by atoms with Gasteiger partial charge in [0.05, 0.1) is 12.1 Å². The average molecular weight is 584 g/mol. The van der Waals surface area contributed by atoms with E-state index in [0.29, 0.717) is 5.56 Å². The van der Waals surface area contributed by atoms with Gasteiger partial charge in [-0.15, -0.1) is 0 Å². The molecule has 2 aliphatic rings. The van der Waals surface area contributed by atoms with E-state index in [2.05, 4.69) is 87.6 Å². The number of carbonyl (C=O) groups excluding carboxylic acids is 1. The molecular formula is C34H32BrFN2O. The lowest BCUT2D eigenvalue weighted by atomic mass is 9.87. The van der Waals surface area contributed by atoms with Crippen molar-refractivity contribution in [2.24, 2.45) is 0 Å². The second-order valence-corrected chi connectivity index (χ2v) is 11.5. The second-order valence-electron chi connectivity index (χ2n) is 10.7. The molecule has 0 saturated carbocycles. The van der Waals surface area contributed by atoms with E-state index >= 15 is 0 Å². The second kappa shape index (κ2) is 11.1. The third-order valence-corrected chi connectivity index (χ3v) is 9.15. The first-order chi connectivity index (χ1) is 19.0. The van der Waals surface area contributed by atoms with E-state index in [1.54, 1.807) is 12.1 Å². The van der Waals surface area contributed by atoms with Crippen LogP contribution in [0.5, 0.6) is 0 Å². The van der Waals surface area contributed by atoms with Gasteiger partial charge in [-0.3, -0.25) is 9.69 Å². The van der Waals surface area contributed by atoms with E-state index in [1.165, 1.54) is 28.3 Å². The standard InChI is InChI=1S/C34H32BrFN2O/c1-23(37-19-18-24-10-4-6-14-29(24)33(37)30-15-7-8-16-31(30)35)34(39)38(22-27-13-5-9-17-32(27)36)28-20-25-11-2-3-12-26(25)21-28/h2-17,23,28,33H,18-22H2,1H3/t23-,33+/m0/s1. The van der Waals surface area contributed by atoms with Gasteiger partial charge >= 0.3 is 0 Å². The fourth-order valence-electron chi connectivity index (χ4n) is 6.38. The molecule has 2 atom stereocenters. The molecule has 5 heteroatoms. The Balaban J connectivity index is 1.36. The van der Waals surface area contributed by atoms with Gasteiger partial charge in [-0.05, 0) is 66.1 Å². The van der Waals surface area contributed by atoms with Gasteiger partial charge in [0.15, 0.2) is 0 Å². The summed E-state index contributed by atoms with van der Waals surface area (Å²) < 4.78 is 15.9. The van der Waals surface area contributed by atoms with Gasteiger partial charge in [0.25, 0.3) is 0 Å². The summed E-state index contributed by atoms with van der Waals surface area (Å²) in [6, 6.07) is 31.6. The van der Waals surface area contributed by atoms with E-state index in [-0.39, 0.29) is 36.4 Å². The highest BCUT2D eigenvalue weighted by atomic mass is 79.9. The first-order valence-corrected chi connectivity index (χ1v) is 14.5. The van der Waals surface area contributed by atoms with Crippen LogP contribution in [0.3, 0.4) is 0 Å². The predicted molar refractivity (Wildman–Crippen MR) is 157 cm³/mol. The molecule has 3 nitrogen and oxygen atoms in total. The molecule has 39 heavy (non-hydrogen) atoms. The van der Waals surface area contributed by atoms with Crippen LogP contribution >= 0.6 is 15.9 Å². The van der Waals surface area contributed by atoms with E-state index < -0.39 is 0 Å². The maximum atomic E-state index is 14.9. The molecule has 0 saturated heterocycles. The van der Waals surface area contributed by atoms with Crippen molar-refractivity contribution < 1.29 is 9.18 Å². The SMILES string of the molecule is C[C@@H](C(=O)N(Cc1ccccc1F)C1Cc2ccccc2C1)N1CCc2ccccc2[C@@H]1c1ccccc1Br. The molecule has 0 spiro atoms. The maximum absolute atomic E-state index is 14.9. The number of nitrogens with zero attached hydrogens (tertiary/aromatic N) is 2. The van der Waals surface area contributed by atoms with E-state index in [0.717, 1.165) is 35.8 Å². The molecule has 1 heterocycles. The minimum Gasteiger partial charge on any atom is -0.333 e. The number of hydrogen-bond acceptors (Lipinski definition) is 2. The summed E-state index contributed by atoms with van der Waals surface area (Å²) in [5, 5.41) is 0. The van der Waals surface area contributed by atoms with Crippen LogP contribution in [0.1, 0.15) is 46.3 Å². The minimum atomic E-state index is -0.383. The van der Waals surface area contributed by atoms with Crippen LogP contribution < -0.4 is 0 Å². The predicted octanol–water partition coefficient (Wildman–Crippen LogP) is 7.12. The Morgan fingerprint density at radius 2 is 1.46 bits per heavy atom.